The lowest BCUT2D eigenvalue weighted by atomic mass is 10.2. The van der Waals surface area contributed by atoms with Crippen LogP contribution in [0.2, 0.25) is 10.0 Å². The van der Waals surface area contributed by atoms with Crippen molar-refractivity contribution in [1.82, 2.24) is 19.7 Å². The molecule has 0 aliphatic rings. The van der Waals surface area contributed by atoms with Crippen molar-refractivity contribution in [2.24, 2.45) is 0 Å². The van der Waals surface area contributed by atoms with Gasteiger partial charge >= 0.3 is 0 Å². The van der Waals surface area contributed by atoms with Gasteiger partial charge in [-0.3, -0.25) is 9.69 Å². The van der Waals surface area contributed by atoms with Gasteiger partial charge in [0.1, 0.15) is 18.5 Å². The van der Waals surface area contributed by atoms with E-state index >= 15 is 0 Å². The summed E-state index contributed by atoms with van der Waals surface area (Å²) in [5.74, 6) is -0.688. The Morgan fingerprint density at radius 3 is 2.81 bits per heavy atom. The molecule has 0 atom stereocenters. The second-order valence-electron chi connectivity index (χ2n) is 5.92. The molecule has 0 fully saturated rings. The van der Waals surface area contributed by atoms with Gasteiger partial charge in [-0.15, -0.1) is 0 Å². The monoisotopic (exact) mass is 407 g/mol. The Morgan fingerprint density at radius 1 is 1.30 bits per heavy atom. The second-order valence-corrected chi connectivity index (χ2v) is 6.77. The van der Waals surface area contributed by atoms with E-state index in [4.69, 9.17) is 23.2 Å². The highest BCUT2D eigenvalue weighted by atomic mass is 35.5. The molecule has 3 aromatic rings. The van der Waals surface area contributed by atoms with Crippen LogP contribution in [0.4, 0.5) is 10.1 Å². The zero-order chi connectivity index (χ0) is 19.4. The number of halogens is 3. The molecule has 0 unspecified atom stereocenters. The first-order chi connectivity index (χ1) is 12.9. The van der Waals surface area contributed by atoms with Crippen molar-refractivity contribution in [3.8, 4) is 5.69 Å². The Balaban J connectivity index is 1.70. The van der Waals surface area contributed by atoms with Crippen LogP contribution in [0.1, 0.15) is 5.56 Å². The summed E-state index contributed by atoms with van der Waals surface area (Å²) in [6.45, 7) is 0.235. The van der Waals surface area contributed by atoms with Crippen LogP contribution in [0, 0.1) is 5.82 Å². The molecule has 6 nitrogen and oxygen atoms in total. The molecule has 1 N–H and O–H groups in total. The van der Waals surface area contributed by atoms with Crippen molar-refractivity contribution in [3.63, 3.8) is 0 Å². The van der Waals surface area contributed by atoms with E-state index in [1.54, 1.807) is 42.3 Å². The van der Waals surface area contributed by atoms with Gasteiger partial charge in [0, 0.05) is 22.2 Å². The molecule has 0 saturated heterocycles. The zero-order valence-corrected chi connectivity index (χ0v) is 15.9. The summed E-state index contributed by atoms with van der Waals surface area (Å²) in [4.78, 5) is 18.0. The van der Waals surface area contributed by atoms with E-state index in [-0.39, 0.29) is 19.0 Å². The number of carbonyl (C=O) groups is 1. The predicted octanol–water partition coefficient (Wildman–Crippen LogP) is 3.78. The number of anilines is 1. The largest absolute Gasteiger partial charge is 0.323 e. The quantitative estimate of drug-likeness (QED) is 0.675. The molecular weight excluding hydrogens is 392 g/mol. The van der Waals surface area contributed by atoms with Crippen LogP contribution >= 0.6 is 23.2 Å². The Morgan fingerprint density at radius 2 is 2.11 bits per heavy atom. The van der Waals surface area contributed by atoms with Gasteiger partial charge in [0.05, 0.1) is 17.9 Å². The Kier molecular flexibility index (Phi) is 6.05. The first-order valence-corrected chi connectivity index (χ1v) is 8.75. The third-order valence-corrected chi connectivity index (χ3v) is 4.39. The molecular formula is C18H16Cl2FN5O. The zero-order valence-electron chi connectivity index (χ0n) is 14.4. The summed E-state index contributed by atoms with van der Waals surface area (Å²) in [5, 5.41) is 7.67. The van der Waals surface area contributed by atoms with Gasteiger partial charge in [-0.05, 0) is 37.4 Å². The fraction of sp³-hybridized carbons (Fsp3) is 0.167. The van der Waals surface area contributed by atoms with Crippen LogP contribution in [0.3, 0.4) is 0 Å². The van der Waals surface area contributed by atoms with Crippen molar-refractivity contribution in [2.75, 3.05) is 18.9 Å². The normalized spacial score (nSPS) is 11.0. The molecule has 9 heteroatoms. The highest BCUT2D eigenvalue weighted by Gasteiger charge is 2.14. The van der Waals surface area contributed by atoms with E-state index in [9.17, 15) is 9.18 Å². The molecule has 1 aromatic heterocycles. The third kappa shape index (κ3) is 4.82. The fourth-order valence-electron chi connectivity index (χ4n) is 2.58. The van der Waals surface area contributed by atoms with E-state index in [0.717, 1.165) is 0 Å². The van der Waals surface area contributed by atoms with E-state index < -0.39 is 5.82 Å². The van der Waals surface area contributed by atoms with Gasteiger partial charge in [0.2, 0.25) is 5.91 Å². The maximum Gasteiger partial charge on any atom is 0.238 e. The molecule has 0 aliphatic carbocycles. The van der Waals surface area contributed by atoms with Crippen molar-refractivity contribution < 1.29 is 9.18 Å². The number of hydrogen-bond donors (Lipinski definition) is 1. The van der Waals surface area contributed by atoms with Crippen molar-refractivity contribution in [3.05, 3.63) is 70.5 Å². The van der Waals surface area contributed by atoms with Crippen LogP contribution in [-0.4, -0.2) is 39.2 Å². The summed E-state index contributed by atoms with van der Waals surface area (Å²) >= 11 is 12.1. The fourth-order valence-corrected chi connectivity index (χ4v) is 2.98. The Bertz CT molecular complexity index is 929. The standard InChI is InChI=1S/C18H16Cl2FN5O/c1-25(8-13-14(20)3-2-4-15(13)21)9-18(27)24-16-7-12(19)5-6-17(16)26-11-22-10-23-26/h2-7,10-11H,8-9H2,1H3,(H,24,27). The number of amides is 1. The maximum atomic E-state index is 13.9. The lowest BCUT2D eigenvalue weighted by molar-refractivity contribution is -0.117. The number of nitrogens with one attached hydrogen (secondary N) is 1. The average molecular weight is 408 g/mol. The molecule has 27 heavy (non-hydrogen) atoms. The molecule has 2 aromatic carbocycles. The molecule has 0 saturated carbocycles. The van der Waals surface area contributed by atoms with Gasteiger partial charge < -0.3 is 5.32 Å². The summed E-state index contributed by atoms with van der Waals surface area (Å²) < 4.78 is 15.4. The van der Waals surface area contributed by atoms with Gasteiger partial charge in [0.25, 0.3) is 0 Å². The summed E-state index contributed by atoms with van der Waals surface area (Å²) in [6.07, 6.45) is 2.91. The minimum atomic E-state index is -0.405. The van der Waals surface area contributed by atoms with E-state index in [1.807, 2.05) is 0 Å². The highest BCUT2D eigenvalue weighted by molar-refractivity contribution is 6.31. The van der Waals surface area contributed by atoms with Crippen molar-refractivity contribution in [1.29, 1.82) is 0 Å². The lowest BCUT2D eigenvalue weighted by Crippen LogP contribution is -2.30. The van der Waals surface area contributed by atoms with Crippen LogP contribution in [0.5, 0.6) is 0 Å². The molecule has 0 bridgehead atoms. The molecule has 0 radical (unpaired) electrons. The van der Waals surface area contributed by atoms with Crippen molar-refractivity contribution >= 4 is 34.8 Å². The summed E-state index contributed by atoms with van der Waals surface area (Å²) in [7, 11) is 1.71. The average Bonchev–Trinajstić information content (AvgIpc) is 3.12. The van der Waals surface area contributed by atoms with Gasteiger partial charge in [0.15, 0.2) is 0 Å². The van der Waals surface area contributed by atoms with E-state index in [0.29, 0.717) is 27.0 Å². The predicted molar refractivity (Wildman–Crippen MR) is 103 cm³/mol. The van der Waals surface area contributed by atoms with Crippen LogP contribution in [-0.2, 0) is 11.3 Å². The van der Waals surface area contributed by atoms with Gasteiger partial charge in [-0.2, -0.15) is 5.10 Å². The Hall–Kier alpha value is -2.48. The van der Waals surface area contributed by atoms with Gasteiger partial charge in [-0.25, -0.2) is 14.1 Å². The third-order valence-electron chi connectivity index (χ3n) is 3.80. The number of benzene rings is 2. The number of rotatable bonds is 6. The number of hydrogen-bond acceptors (Lipinski definition) is 4. The minimum Gasteiger partial charge on any atom is -0.323 e. The van der Waals surface area contributed by atoms with Crippen LogP contribution < -0.4 is 5.32 Å². The van der Waals surface area contributed by atoms with Crippen LogP contribution in [0.25, 0.3) is 5.69 Å². The lowest BCUT2D eigenvalue weighted by Gasteiger charge is -2.18. The Labute approximate surface area is 165 Å². The van der Waals surface area contributed by atoms with E-state index in [1.165, 1.54) is 23.4 Å². The van der Waals surface area contributed by atoms with Gasteiger partial charge in [-0.1, -0.05) is 29.3 Å². The molecule has 3 rings (SSSR count). The number of likely N-dealkylation sites (N-methyl/N-ethyl adjacent to an activating group) is 1. The topological polar surface area (TPSA) is 63.1 Å². The molecule has 0 spiro atoms. The number of aromatic nitrogens is 3. The molecule has 1 heterocycles. The molecule has 140 valence electrons. The molecule has 1 amide bonds. The first kappa shape index (κ1) is 19.3. The summed E-state index contributed by atoms with van der Waals surface area (Å²) in [5.41, 5.74) is 1.47. The highest BCUT2D eigenvalue weighted by Crippen LogP contribution is 2.24. The molecule has 0 aliphatic heterocycles. The van der Waals surface area contributed by atoms with Crippen molar-refractivity contribution in [2.45, 2.75) is 6.54 Å². The minimum absolute atomic E-state index is 0.0357. The first-order valence-electron chi connectivity index (χ1n) is 8.00. The maximum absolute atomic E-state index is 13.9. The SMILES string of the molecule is CN(CC(=O)Nc1cc(Cl)ccc1-n1cncn1)Cc1c(F)cccc1Cl. The second kappa shape index (κ2) is 8.47. The summed E-state index contributed by atoms with van der Waals surface area (Å²) in [6, 6.07) is 9.55. The van der Waals surface area contributed by atoms with Crippen LogP contribution in [0.15, 0.2) is 49.1 Å². The number of carbonyl (C=O) groups excluding carboxylic acids is 1. The van der Waals surface area contributed by atoms with E-state index in [2.05, 4.69) is 15.4 Å². The number of nitrogens with zero attached hydrogens (tertiary/aromatic N) is 4. The smallest absolute Gasteiger partial charge is 0.238 e.